The van der Waals surface area contributed by atoms with Crippen LogP contribution in [0.15, 0.2) is 36.7 Å². The van der Waals surface area contributed by atoms with Gasteiger partial charge in [0.25, 0.3) is 5.91 Å². The zero-order chi connectivity index (χ0) is 29.1. The van der Waals surface area contributed by atoms with Gasteiger partial charge >= 0.3 is 0 Å². The molecule has 1 fully saturated rings. The van der Waals surface area contributed by atoms with E-state index in [4.69, 9.17) is 8.85 Å². The number of anilines is 3. The first-order valence-electron chi connectivity index (χ1n) is 12.6. The van der Waals surface area contributed by atoms with Crippen LogP contribution in [0.25, 0.3) is 11.4 Å². The fraction of sp³-hybridized carbons (Fsp3) is 0.333. The van der Waals surface area contributed by atoms with E-state index < -0.39 is 31.8 Å². The van der Waals surface area contributed by atoms with Gasteiger partial charge in [0.15, 0.2) is 23.1 Å². The molecule has 0 bridgehead atoms. The molecule has 13 heteroatoms. The number of carbonyl (C=O) groups excluding carboxylic acids is 2. The van der Waals surface area contributed by atoms with Crippen molar-refractivity contribution in [1.29, 1.82) is 0 Å². The average molecular weight is 517 g/mol. The number of halogens is 2. The van der Waals surface area contributed by atoms with Crippen LogP contribution < -0.4 is 20.7 Å². The number of nitrogens with one attached hydrogen (secondary N) is 3. The minimum absolute atomic E-state index is 0.00511. The quantitative estimate of drug-likeness (QED) is 0.319. The van der Waals surface area contributed by atoms with E-state index >= 15 is 0 Å². The van der Waals surface area contributed by atoms with Crippen molar-refractivity contribution in [2.24, 2.45) is 5.92 Å². The third-order valence-corrected chi connectivity index (χ3v) is 5.68. The Hall–Kier alpha value is -4.26. The van der Waals surface area contributed by atoms with Gasteiger partial charge in [0.1, 0.15) is 19.0 Å². The maximum absolute atomic E-state index is 13.2. The van der Waals surface area contributed by atoms with Gasteiger partial charge in [-0.05, 0) is 25.0 Å². The number of benzene rings is 1. The lowest BCUT2D eigenvalue weighted by Crippen LogP contribution is -2.31. The number of hydrogen-bond donors (Lipinski definition) is 4. The summed E-state index contributed by atoms with van der Waals surface area (Å²) in [6, 6.07) is 6.11. The zero-order valence-electron chi connectivity index (χ0n) is 22.6. The van der Waals surface area contributed by atoms with Crippen LogP contribution in [0, 0.1) is 5.92 Å². The van der Waals surface area contributed by atoms with E-state index in [1.54, 1.807) is 18.2 Å². The standard InChI is InChI=1S/C24H25F2N7O4/c1-27-23(35)19-17(8-18(32-33-19)31-22(34)13-6-7-13)30-16-5-3-4-15(20(16)37-2)21-28-9-14(10-29-21)24(36,11-25)12-26/h3-5,8-10,13,36H,6-7,11-12H2,1-2H3,(H,27,35)(H2,30,31,32,34)/i1D3. The van der Waals surface area contributed by atoms with Crippen molar-refractivity contribution in [3.63, 3.8) is 0 Å². The van der Waals surface area contributed by atoms with Gasteiger partial charge < -0.3 is 25.8 Å². The number of ether oxygens (including phenoxy) is 1. The maximum Gasteiger partial charge on any atom is 0.273 e. The van der Waals surface area contributed by atoms with Crippen molar-refractivity contribution in [3.8, 4) is 17.1 Å². The SMILES string of the molecule is [2H]C([2H])([2H])NC(=O)c1nnc(NC(=O)C2CC2)cc1Nc1cccc(-c2ncc(C(O)(CF)CF)cn2)c1OC. The Morgan fingerprint density at radius 2 is 1.92 bits per heavy atom. The highest BCUT2D eigenvalue weighted by Gasteiger charge is 2.31. The molecule has 2 heterocycles. The van der Waals surface area contributed by atoms with Crippen LogP contribution in [-0.2, 0) is 10.4 Å². The average Bonchev–Trinajstić information content (AvgIpc) is 3.78. The molecular weight excluding hydrogens is 488 g/mol. The Kier molecular flexibility index (Phi) is 6.40. The molecule has 2 aromatic heterocycles. The second-order valence-corrected chi connectivity index (χ2v) is 8.32. The molecule has 0 aliphatic heterocycles. The molecule has 194 valence electrons. The van der Waals surface area contributed by atoms with Gasteiger partial charge in [-0.15, -0.1) is 10.2 Å². The van der Waals surface area contributed by atoms with Crippen molar-refractivity contribution < 1.29 is 32.3 Å². The van der Waals surface area contributed by atoms with Gasteiger partial charge in [-0.2, -0.15) is 0 Å². The van der Waals surface area contributed by atoms with Gasteiger partial charge in [-0.25, -0.2) is 18.7 Å². The van der Waals surface area contributed by atoms with Crippen LogP contribution in [0.4, 0.5) is 26.0 Å². The summed E-state index contributed by atoms with van der Waals surface area (Å²) in [6.07, 6.45) is 3.69. The highest BCUT2D eigenvalue weighted by molar-refractivity contribution is 6.00. The molecule has 3 aromatic rings. The first-order chi connectivity index (χ1) is 19.0. The molecule has 4 rings (SSSR count). The normalized spacial score (nSPS) is 14.6. The Bertz CT molecular complexity index is 1400. The topological polar surface area (TPSA) is 151 Å². The number of rotatable bonds is 10. The van der Waals surface area contributed by atoms with Crippen LogP contribution in [0.3, 0.4) is 0 Å². The lowest BCUT2D eigenvalue weighted by Gasteiger charge is -2.21. The molecule has 1 saturated carbocycles. The lowest BCUT2D eigenvalue weighted by molar-refractivity contribution is -0.117. The lowest BCUT2D eigenvalue weighted by atomic mass is 10.00. The molecule has 37 heavy (non-hydrogen) atoms. The number of para-hydroxylation sites is 1. The third kappa shape index (κ3) is 5.45. The first kappa shape index (κ1) is 22.0. The molecule has 11 nitrogen and oxygen atoms in total. The molecule has 4 N–H and O–H groups in total. The number of alkyl halides is 2. The Morgan fingerprint density at radius 1 is 1.19 bits per heavy atom. The summed E-state index contributed by atoms with van der Waals surface area (Å²) in [6.45, 7) is -5.53. The van der Waals surface area contributed by atoms with Gasteiger partial charge in [-0.1, -0.05) is 6.07 Å². The summed E-state index contributed by atoms with van der Waals surface area (Å²) >= 11 is 0. The second-order valence-electron chi connectivity index (χ2n) is 8.32. The Labute approximate surface area is 214 Å². The fourth-order valence-electron chi connectivity index (χ4n) is 3.42. The number of aromatic nitrogens is 4. The van der Waals surface area contributed by atoms with E-state index in [2.05, 4.69) is 30.8 Å². The van der Waals surface area contributed by atoms with Gasteiger partial charge in [-0.3, -0.25) is 9.59 Å². The molecule has 1 aliphatic carbocycles. The molecule has 0 saturated heterocycles. The second kappa shape index (κ2) is 10.8. The van der Waals surface area contributed by atoms with E-state index in [0.717, 1.165) is 25.2 Å². The number of aliphatic hydroxyl groups is 1. The Morgan fingerprint density at radius 3 is 2.54 bits per heavy atom. The Balaban J connectivity index is 1.71. The van der Waals surface area contributed by atoms with Crippen LogP contribution in [0.1, 0.15) is 33.0 Å². The minimum Gasteiger partial charge on any atom is -0.494 e. The maximum atomic E-state index is 13.2. The molecule has 0 spiro atoms. The van der Waals surface area contributed by atoms with Crippen LogP contribution >= 0.6 is 0 Å². The summed E-state index contributed by atoms with van der Waals surface area (Å²) in [4.78, 5) is 33.2. The molecule has 0 unspecified atom stereocenters. The smallest absolute Gasteiger partial charge is 0.273 e. The highest BCUT2D eigenvalue weighted by Crippen LogP contribution is 2.37. The molecule has 0 atom stereocenters. The van der Waals surface area contributed by atoms with Gasteiger partial charge in [0.2, 0.25) is 5.91 Å². The first-order valence-corrected chi connectivity index (χ1v) is 11.1. The van der Waals surface area contributed by atoms with Crippen molar-refractivity contribution >= 4 is 29.0 Å². The van der Waals surface area contributed by atoms with E-state index in [-0.39, 0.29) is 51.8 Å². The minimum atomic E-state index is -2.80. The zero-order valence-corrected chi connectivity index (χ0v) is 19.6. The number of amides is 2. The summed E-state index contributed by atoms with van der Waals surface area (Å²) in [5.41, 5.74) is -2.27. The summed E-state index contributed by atoms with van der Waals surface area (Å²) < 4.78 is 53.9. The van der Waals surface area contributed by atoms with Crippen LogP contribution in [0.5, 0.6) is 5.75 Å². The largest absolute Gasteiger partial charge is 0.494 e. The van der Waals surface area contributed by atoms with Crippen molar-refractivity contribution in [2.45, 2.75) is 18.4 Å². The van der Waals surface area contributed by atoms with E-state index in [1.165, 1.54) is 13.2 Å². The summed E-state index contributed by atoms with van der Waals surface area (Å²) in [5.74, 6) is -1.12. The predicted octanol–water partition coefficient (Wildman–Crippen LogP) is 2.52. The van der Waals surface area contributed by atoms with E-state index in [9.17, 15) is 23.5 Å². The fourth-order valence-corrected chi connectivity index (χ4v) is 3.42. The van der Waals surface area contributed by atoms with E-state index in [0.29, 0.717) is 5.56 Å². The highest BCUT2D eigenvalue weighted by atomic mass is 19.1. The van der Waals surface area contributed by atoms with Crippen LogP contribution in [0.2, 0.25) is 0 Å². The monoisotopic (exact) mass is 516 g/mol. The number of hydrogen-bond acceptors (Lipinski definition) is 9. The molecule has 0 radical (unpaired) electrons. The number of carbonyl (C=O) groups is 2. The summed E-state index contributed by atoms with van der Waals surface area (Å²) in [5, 5.41) is 25.2. The number of nitrogens with zero attached hydrogens (tertiary/aromatic N) is 4. The van der Waals surface area contributed by atoms with Crippen molar-refractivity contribution in [2.75, 3.05) is 38.1 Å². The molecule has 1 aromatic carbocycles. The van der Waals surface area contributed by atoms with E-state index in [1.807, 2.05) is 5.32 Å². The molecular formula is C24H25F2N7O4. The van der Waals surface area contributed by atoms with Gasteiger partial charge in [0, 0.05) is 41.0 Å². The number of methoxy groups -OCH3 is 1. The third-order valence-electron chi connectivity index (χ3n) is 5.68. The predicted molar refractivity (Wildman–Crippen MR) is 130 cm³/mol. The van der Waals surface area contributed by atoms with Gasteiger partial charge in [0.05, 0.1) is 24.0 Å². The van der Waals surface area contributed by atoms with Crippen molar-refractivity contribution in [1.82, 2.24) is 25.5 Å². The van der Waals surface area contributed by atoms with Crippen molar-refractivity contribution in [3.05, 3.63) is 47.9 Å². The molecule has 2 amide bonds. The molecule has 1 aliphatic rings. The van der Waals surface area contributed by atoms with Crippen LogP contribution in [-0.4, -0.2) is 64.5 Å². The summed E-state index contributed by atoms with van der Waals surface area (Å²) in [7, 11) is 1.36.